The summed E-state index contributed by atoms with van der Waals surface area (Å²) in [4.78, 5) is 6.53. The van der Waals surface area contributed by atoms with Crippen molar-refractivity contribution >= 4 is 11.6 Å². The Balaban J connectivity index is 1.75. The largest absolute Gasteiger partial charge is 0.439 e. The van der Waals surface area contributed by atoms with E-state index in [1.165, 1.54) is 12.8 Å². The first-order chi connectivity index (χ1) is 9.78. The fourth-order valence-corrected chi connectivity index (χ4v) is 2.53. The molecule has 0 amide bonds. The molecule has 1 aromatic carbocycles. The molecule has 3 rings (SSSR count). The number of oxazole rings is 1. The minimum atomic E-state index is 0.161. The van der Waals surface area contributed by atoms with Crippen molar-refractivity contribution in [1.29, 1.82) is 0 Å². The van der Waals surface area contributed by atoms with Crippen LogP contribution in [0.4, 0.5) is 0 Å². The molecule has 1 heterocycles. The third kappa shape index (κ3) is 3.03. The maximum atomic E-state index is 9.10. The third-order valence-corrected chi connectivity index (χ3v) is 3.81. The Morgan fingerprint density at radius 3 is 2.85 bits per heavy atom. The lowest BCUT2D eigenvalue weighted by Gasteiger charge is -2.18. The van der Waals surface area contributed by atoms with Crippen LogP contribution in [-0.2, 0) is 6.54 Å². The maximum absolute atomic E-state index is 9.10. The van der Waals surface area contributed by atoms with Gasteiger partial charge in [-0.15, -0.1) is 0 Å². The van der Waals surface area contributed by atoms with E-state index in [0.717, 1.165) is 5.56 Å². The van der Waals surface area contributed by atoms with Crippen molar-refractivity contribution in [2.24, 2.45) is 0 Å². The van der Waals surface area contributed by atoms with Gasteiger partial charge in [0.15, 0.2) is 5.76 Å². The monoisotopic (exact) mass is 292 g/mol. The van der Waals surface area contributed by atoms with E-state index in [0.29, 0.717) is 35.8 Å². The van der Waals surface area contributed by atoms with E-state index in [4.69, 9.17) is 21.1 Å². The zero-order chi connectivity index (χ0) is 13.9. The van der Waals surface area contributed by atoms with Gasteiger partial charge in [0.25, 0.3) is 0 Å². The summed E-state index contributed by atoms with van der Waals surface area (Å²) in [6.07, 6.45) is 4.09. The van der Waals surface area contributed by atoms with Crippen LogP contribution in [0.15, 0.2) is 34.9 Å². The first-order valence-corrected chi connectivity index (χ1v) is 7.20. The van der Waals surface area contributed by atoms with E-state index in [9.17, 15) is 0 Å². The number of aliphatic hydroxyl groups excluding tert-OH is 1. The van der Waals surface area contributed by atoms with Crippen LogP contribution in [0.1, 0.15) is 18.7 Å². The molecule has 0 atom stereocenters. The molecule has 0 saturated heterocycles. The quantitative estimate of drug-likeness (QED) is 0.889. The Morgan fingerprint density at radius 2 is 2.15 bits per heavy atom. The minimum Gasteiger partial charge on any atom is -0.439 e. The van der Waals surface area contributed by atoms with Crippen LogP contribution in [0.2, 0.25) is 5.02 Å². The fraction of sp³-hybridized carbons (Fsp3) is 0.400. The lowest BCUT2D eigenvalue weighted by atomic mass is 10.2. The first kappa shape index (κ1) is 13.6. The van der Waals surface area contributed by atoms with Gasteiger partial charge in [0.1, 0.15) is 0 Å². The van der Waals surface area contributed by atoms with Crippen molar-refractivity contribution in [2.75, 3.05) is 13.2 Å². The average Bonchev–Trinajstić information content (AvgIpc) is 3.20. The minimum absolute atomic E-state index is 0.161. The Bertz CT molecular complexity index is 581. The van der Waals surface area contributed by atoms with Crippen molar-refractivity contribution in [3.05, 3.63) is 41.4 Å². The van der Waals surface area contributed by atoms with Gasteiger partial charge in [0.2, 0.25) is 5.89 Å². The Hall–Kier alpha value is -1.36. The molecule has 1 aliphatic carbocycles. The molecular formula is C15H17ClN2O2. The highest BCUT2D eigenvalue weighted by Gasteiger charge is 2.29. The molecule has 0 bridgehead atoms. The molecule has 20 heavy (non-hydrogen) atoms. The van der Waals surface area contributed by atoms with Gasteiger partial charge in [-0.25, -0.2) is 4.98 Å². The third-order valence-electron chi connectivity index (χ3n) is 3.48. The predicted molar refractivity (Wildman–Crippen MR) is 77.5 cm³/mol. The van der Waals surface area contributed by atoms with Crippen LogP contribution in [0.3, 0.4) is 0 Å². The summed E-state index contributed by atoms with van der Waals surface area (Å²) < 4.78 is 5.79. The number of benzene rings is 1. The van der Waals surface area contributed by atoms with Gasteiger partial charge in [0, 0.05) is 18.2 Å². The van der Waals surface area contributed by atoms with Gasteiger partial charge in [-0.1, -0.05) is 23.7 Å². The SMILES string of the molecule is OCCN(Cc1ncc(-c2ccccc2Cl)o1)C1CC1. The topological polar surface area (TPSA) is 49.5 Å². The first-order valence-electron chi connectivity index (χ1n) is 6.82. The van der Waals surface area contributed by atoms with Crippen LogP contribution in [0.5, 0.6) is 0 Å². The zero-order valence-corrected chi connectivity index (χ0v) is 11.9. The van der Waals surface area contributed by atoms with E-state index in [1.54, 1.807) is 6.20 Å². The molecule has 1 saturated carbocycles. The fourth-order valence-electron chi connectivity index (χ4n) is 2.30. The summed E-state index contributed by atoms with van der Waals surface area (Å²) >= 11 is 6.15. The molecule has 0 unspecified atom stereocenters. The van der Waals surface area contributed by atoms with Gasteiger partial charge in [-0.2, -0.15) is 0 Å². The molecule has 0 aliphatic heterocycles. The summed E-state index contributed by atoms with van der Waals surface area (Å²) in [6.45, 7) is 1.46. The highest BCUT2D eigenvalue weighted by atomic mass is 35.5. The summed E-state index contributed by atoms with van der Waals surface area (Å²) in [5, 5.41) is 9.76. The number of rotatable bonds is 6. The molecule has 0 radical (unpaired) electrons. The standard InChI is InChI=1S/C15H17ClN2O2/c16-13-4-2-1-3-12(13)14-9-17-15(20-14)10-18(7-8-19)11-5-6-11/h1-4,9,11,19H,5-8,10H2. The lowest BCUT2D eigenvalue weighted by Crippen LogP contribution is -2.28. The van der Waals surface area contributed by atoms with Crippen molar-refractivity contribution in [3.63, 3.8) is 0 Å². The van der Waals surface area contributed by atoms with Crippen LogP contribution in [-0.4, -0.2) is 34.2 Å². The van der Waals surface area contributed by atoms with Crippen LogP contribution in [0.25, 0.3) is 11.3 Å². The van der Waals surface area contributed by atoms with Crippen LogP contribution < -0.4 is 0 Å². The van der Waals surface area contributed by atoms with Crippen molar-refractivity contribution < 1.29 is 9.52 Å². The highest BCUT2D eigenvalue weighted by Crippen LogP contribution is 2.30. The van der Waals surface area contributed by atoms with Gasteiger partial charge in [-0.05, 0) is 25.0 Å². The number of aromatic nitrogens is 1. The molecule has 5 heteroatoms. The molecule has 1 fully saturated rings. The van der Waals surface area contributed by atoms with Gasteiger partial charge in [-0.3, -0.25) is 4.90 Å². The Labute approximate surface area is 123 Å². The zero-order valence-electron chi connectivity index (χ0n) is 11.1. The van der Waals surface area contributed by atoms with E-state index in [1.807, 2.05) is 24.3 Å². The Kier molecular flexibility index (Phi) is 4.05. The highest BCUT2D eigenvalue weighted by molar-refractivity contribution is 6.33. The summed E-state index contributed by atoms with van der Waals surface area (Å²) in [6, 6.07) is 8.13. The normalized spacial score (nSPS) is 14.9. The molecule has 1 N–H and O–H groups in total. The predicted octanol–water partition coefficient (Wildman–Crippen LogP) is 2.95. The smallest absolute Gasteiger partial charge is 0.209 e. The second-order valence-corrected chi connectivity index (χ2v) is 5.43. The van der Waals surface area contributed by atoms with E-state index >= 15 is 0 Å². The molecular weight excluding hydrogens is 276 g/mol. The number of nitrogens with zero attached hydrogens (tertiary/aromatic N) is 2. The molecule has 4 nitrogen and oxygen atoms in total. The second kappa shape index (κ2) is 5.95. The van der Waals surface area contributed by atoms with Gasteiger partial charge >= 0.3 is 0 Å². The molecule has 1 aromatic heterocycles. The lowest BCUT2D eigenvalue weighted by molar-refractivity contribution is 0.172. The number of aliphatic hydroxyl groups is 1. The van der Waals surface area contributed by atoms with Crippen molar-refractivity contribution in [2.45, 2.75) is 25.4 Å². The molecule has 0 spiro atoms. The van der Waals surface area contributed by atoms with Gasteiger partial charge < -0.3 is 9.52 Å². The Morgan fingerprint density at radius 1 is 1.35 bits per heavy atom. The van der Waals surface area contributed by atoms with Gasteiger partial charge in [0.05, 0.1) is 24.4 Å². The summed E-state index contributed by atoms with van der Waals surface area (Å²) in [5.74, 6) is 1.35. The number of hydrogen-bond acceptors (Lipinski definition) is 4. The van der Waals surface area contributed by atoms with E-state index in [-0.39, 0.29) is 6.61 Å². The summed E-state index contributed by atoms with van der Waals surface area (Å²) in [5.41, 5.74) is 0.855. The number of hydrogen-bond donors (Lipinski definition) is 1. The molecule has 1 aliphatic rings. The van der Waals surface area contributed by atoms with E-state index in [2.05, 4.69) is 9.88 Å². The molecule has 2 aromatic rings. The van der Waals surface area contributed by atoms with Crippen LogP contribution in [0, 0.1) is 0 Å². The number of halogens is 1. The van der Waals surface area contributed by atoms with Crippen molar-refractivity contribution in [1.82, 2.24) is 9.88 Å². The van der Waals surface area contributed by atoms with E-state index < -0.39 is 0 Å². The molecule has 106 valence electrons. The average molecular weight is 293 g/mol. The van der Waals surface area contributed by atoms with Crippen molar-refractivity contribution in [3.8, 4) is 11.3 Å². The summed E-state index contributed by atoms with van der Waals surface area (Å²) in [7, 11) is 0. The van der Waals surface area contributed by atoms with Crippen LogP contribution >= 0.6 is 11.6 Å². The second-order valence-electron chi connectivity index (χ2n) is 5.02. The maximum Gasteiger partial charge on any atom is 0.209 e.